The quantitative estimate of drug-likeness (QED) is 0.485. The van der Waals surface area contributed by atoms with Crippen LogP contribution in [-0.4, -0.2) is 29.0 Å². The minimum atomic E-state index is 0.0251. The molecule has 1 aromatic heterocycles. The predicted octanol–water partition coefficient (Wildman–Crippen LogP) is 3.06. The van der Waals surface area contributed by atoms with Crippen molar-refractivity contribution in [3.8, 4) is 0 Å². The third-order valence-electron chi connectivity index (χ3n) is 3.46. The number of carbonyl (C=O) groups excluding carboxylic acids is 1. The Morgan fingerprint density at radius 2 is 2.24 bits per heavy atom. The molecule has 21 heavy (non-hydrogen) atoms. The zero-order chi connectivity index (χ0) is 14.8. The first-order valence-electron chi connectivity index (χ1n) is 6.41. The van der Waals surface area contributed by atoms with E-state index in [0.717, 1.165) is 21.2 Å². The van der Waals surface area contributed by atoms with Crippen LogP contribution in [0.3, 0.4) is 0 Å². The minimum absolute atomic E-state index is 0.0251. The highest BCUT2D eigenvalue weighted by atomic mass is 79.9. The summed E-state index contributed by atoms with van der Waals surface area (Å²) < 4.78 is 0.755. The van der Waals surface area contributed by atoms with Crippen LogP contribution < -0.4 is 4.90 Å². The van der Waals surface area contributed by atoms with Crippen LogP contribution in [0.15, 0.2) is 34.1 Å². The van der Waals surface area contributed by atoms with E-state index in [1.165, 1.54) is 0 Å². The number of hydrogen-bond donors (Lipinski definition) is 0. The van der Waals surface area contributed by atoms with Gasteiger partial charge in [0.25, 0.3) is 0 Å². The normalized spacial score (nSPS) is 18.0. The van der Waals surface area contributed by atoms with Gasteiger partial charge in [-0.05, 0) is 39.5 Å². The van der Waals surface area contributed by atoms with Crippen LogP contribution in [0.4, 0.5) is 5.69 Å². The number of carbonyl (C=O) groups is 1. The molecule has 0 aliphatic carbocycles. The van der Waals surface area contributed by atoms with Gasteiger partial charge in [0.1, 0.15) is 5.52 Å². The van der Waals surface area contributed by atoms with Gasteiger partial charge in [-0.1, -0.05) is 5.11 Å². The van der Waals surface area contributed by atoms with Crippen LogP contribution in [0.5, 0.6) is 0 Å². The molecule has 7 nitrogen and oxygen atoms in total. The van der Waals surface area contributed by atoms with Crippen LogP contribution in [-0.2, 0) is 4.79 Å². The molecule has 0 N–H and O–H groups in total. The van der Waals surface area contributed by atoms with Gasteiger partial charge in [-0.15, -0.1) is 0 Å². The molecule has 1 unspecified atom stereocenters. The standard InChI is InChI=1S/C13H11BrN6O/c14-12-10(2-1-9-13(12)17-4-3-16-9)20-7-8(5-11(20)21)6-18-19-15/h1-4,8H,5-7H2. The van der Waals surface area contributed by atoms with Crippen molar-refractivity contribution >= 4 is 38.6 Å². The summed E-state index contributed by atoms with van der Waals surface area (Å²) in [6.45, 7) is 0.881. The molecular formula is C13H11BrN6O. The lowest BCUT2D eigenvalue weighted by Crippen LogP contribution is -2.25. The molecule has 0 radical (unpaired) electrons. The third kappa shape index (κ3) is 2.55. The van der Waals surface area contributed by atoms with Crippen molar-refractivity contribution in [2.24, 2.45) is 11.0 Å². The molecule has 1 fully saturated rings. The molecule has 3 rings (SSSR count). The molecule has 1 atom stereocenters. The highest BCUT2D eigenvalue weighted by Gasteiger charge is 2.31. The molecule has 1 saturated heterocycles. The van der Waals surface area contributed by atoms with E-state index in [4.69, 9.17) is 5.53 Å². The molecule has 0 spiro atoms. The summed E-state index contributed by atoms with van der Waals surface area (Å²) in [5, 5.41) is 3.56. The summed E-state index contributed by atoms with van der Waals surface area (Å²) in [5.41, 5.74) is 10.6. The molecule has 0 saturated carbocycles. The Kier molecular flexibility index (Phi) is 3.72. The molecule has 1 amide bonds. The monoisotopic (exact) mass is 346 g/mol. The van der Waals surface area contributed by atoms with E-state index < -0.39 is 0 Å². The first-order chi connectivity index (χ1) is 10.2. The van der Waals surface area contributed by atoms with Gasteiger partial charge >= 0.3 is 0 Å². The fourth-order valence-corrected chi connectivity index (χ4v) is 3.14. The van der Waals surface area contributed by atoms with E-state index in [-0.39, 0.29) is 11.8 Å². The van der Waals surface area contributed by atoms with Gasteiger partial charge in [0.15, 0.2) is 0 Å². The van der Waals surface area contributed by atoms with Crippen LogP contribution in [0.1, 0.15) is 6.42 Å². The fraction of sp³-hybridized carbons (Fsp3) is 0.308. The zero-order valence-electron chi connectivity index (χ0n) is 11.0. The molecule has 2 heterocycles. The second kappa shape index (κ2) is 5.67. The molecule has 1 aromatic carbocycles. The molecule has 1 aliphatic heterocycles. The molecule has 8 heteroatoms. The lowest BCUT2D eigenvalue weighted by atomic mass is 10.1. The van der Waals surface area contributed by atoms with Gasteiger partial charge in [0.05, 0.1) is 15.7 Å². The second-order valence-electron chi connectivity index (χ2n) is 4.81. The Morgan fingerprint density at radius 3 is 3.05 bits per heavy atom. The number of hydrogen-bond acceptors (Lipinski definition) is 4. The first kappa shape index (κ1) is 13.8. The molecule has 1 aliphatic rings. The highest BCUT2D eigenvalue weighted by molar-refractivity contribution is 9.10. The van der Waals surface area contributed by atoms with Crippen molar-refractivity contribution in [1.29, 1.82) is 0 Å². The van der Waals surface area contributed by atoms with Crippen LogP contribution in [0.2, 0.25) is 0 Å². The molecule has 106 valence electrons. The summed E-state index contributed by atoms with van der Waals surface area (Å²) in [4.78, 5) is 25.1. The van der Waals surface area contributed by atoms with Crippen molar-refractivity contribution in [2.45, 2.75) is 6.42 Å². The van der Waals surface area contributed by atoms with E-state index in [1.807, 2.05) is 12.1 Å². The maximum atomic E-state index is 12.2. The Labute approximate surface area is 128 Å². The smallest absolute Gasteiger partial charge is 0.227 e. The lowest BCUT2D eigenvalue weighted by molar-refractivity contribution is -0.117. The number of rotatable bonds is 3. The van der Waals surface area contributed by atoms with Crippen molar-refractivity contribution in [1.82, 2.24) is 9.97 Å². The van der Waals surface area contributed by atoms with Gasteiger partial charge < -0.3 is 4.90 Å². The van der Waals surface area contributed by atoms with E-state index in [9.17, 15) is 4.79 Å². The van der Waals surface area contributed by atoms with Gasteiger partial charge in [-0.25, -0.2) is 0 Å². The highest BCUT2D eigenvalue weighted by Crippen LogP contribution is 2.35. The summed E-state index contributed by atoms with van der Waals surface area (Å²) in [6, 6.07) is 3.70. The topological polar surface area (TPSA) is 94.9 Å². The number of anilines is 1. The number of aromatic nitrogens is 2. The minimum Gasteiger partial charge on any atom is -0.311 e. The maximum Gasteiger partial charge on any atom is 0.227 e. The predicted molar refractivity (Wildman–Crippen MR) is 81.7 cm³/mol. The van der Waals surface area contributed by atoms with Gasteiger partial charge in [0, 0.05) is 36.8 Å². The van der Waals surface area contributed by atoms with Crippen LogP contribution >= 0.6 is 15.9 Å². The average Bonchev–Trinajstić information content (AvgIpc) is 2.87. The van der Waals surface area contributed by atoms with Gasteiger partial charge in [0.2, 0.25) is 5.91 Å². The van der Waals surface area contributed by atoms with Gasteiger partial charge in [-0.3, -0.25) is 14.8 Å². The summed E-state index contributed by atoms with van der Waals surface area (Å²) >= 11 is 3.51. The van der Waals surface area contributed by atoms with Crippen molar-refractivity contribution in [2.75, 3.05) is 18.0 Å². The third-order valence-corrected chi connectivity index (χ3v) is 4.24. The number of amides is 1. The Balaban J connectivity index is 1.95. The second-order valence-corrected chi connectivity index (χ2v) is 5.60. The Morgan fingerprint density at radius 1 is 1.43 bits per heavy atom. The number of benzene rings is 1. The summed E-state index contributed by atoms with van der Waals surface area (Å²) in [6.07, 6.45) is 3.64. The number of nitrogens with zero attached hydrogens (tertiary/aromatic N) is 6. The fourth-order valence-electron chi connectivity index (χ4n) is 2.49. The van der Waals surface area contributed by atoms with Crippen LogP contribution in [0.25, 0.3) is 21.5 Å². The zero-order valence-corrected chi connectivity index (χ0v) is 12.6. The van der Waals surface area contributed by atoms with E-state index in [0.29, 0.717) is 19.5 Å². The number of fused-ring (bicyclic) bond motifs is 1. The average molecular weight is 347 g/mol. The first-order valence-corrected chi connectivity index (χ1v) is 7.20. The molecular weight excluding hydrogens is 336 g/mol. The largest absolute Gasteiger partial charge is 0.311 e. The van der Waals surface area contributed by atoms with E-state index in [2.05, 4.69) is 35.9 Å². The van der Waals surface area contributed by atoms with Gasteiger partial charge in [-0.2, -0.15) is 0 Å². The molecule has 0 bridgehead atoms. The Hall–Kier alpha value is -2.18. The molecule has 2 aromatic rings. The Bertz CT molecular complexity index is 757. The van der Waals surface area contributed by atoms with Crippen LogP contribution in [0, 0.1) is 5.92 Å². The number of azide groups is 1. The van der Waals surface area contributed by atoms with Crippen molar-refractivity contribution < 1.29 is 4.79 Å². The van der Waals surface area contributed by atoms with E-state index >= 15 is 0 Å². The van der Waals surface area contributed by atoms with Crippen molar-refractivity contribution in [3.05, 3.63) is 39.4 Å². The van der Waals surface area contributed by atoms with Crippen molar-refractivity contribution in [3.63, 3.8) is 0 Å². The summed E-state index contributed by atoms with van der Waals surface area (Å²) in [7, 11) is 0. The number of halogens is 1. The van der Waals surface area contributed by atoms with E-state index in [1.54, 1.807) is 17.3 Å². The SMILES string of the molecule is [N-]=[N+]=NCC1CC(=O)N(c2ccc3nccnc3c2Br)C1. The maximum absolute atomic E-state index is 12.2. The lowest BCUT2D eigenvalue weighted by Gasteiger charge is -2.18. The summed E-state index contributed by atoms with van der Waals surface area (Å²) in [5.74, 6) is 0.0786.